The van der Waals surface area contributed by atoms with Gasteiger partial charge in [-0.05, 0) is 43.2 Å². The number of methoxy groups -OCH3 is 1. The average Bonchev–Trinajstić information content (AvgIpc) is 3.31. The molecule has 9 heteroatoms. The maximum absolute atomic E-state index is 13.1. The van der Waals surface area contributed by atoms with E-state index in [2.05, 4.69) is 10.3 Å². The number of nitrogens with one attached hydrogen (secondary N) is 1. The number of imidazole rings is 1. The molecular weight excluding hydrogens is 406 g/mol. The second-order valence-electron chi connectivity index (χ2n) is 7.45. The van der Waals surface area contributed by atoms with E-state index in [4.69, 9.17) is 16.3 Å². The normalized spacial score (nSPS) is 16.4. The van der Waals surface area contributed by atoms with Crippen molar-refractivity contribution in [2.75, 3.05) is 32.1 Å². The number of ether oxygens (including phenoxy) is 1. The predicted molar refractivity (Wildman–Crippen MR) is 116 cm³/mol. The number of aromatic nitrogens is 3. The van der Waals surface area contributed by atoms with Crippen LogP contribution in [0.15, 0.2) is 41.3 Å². The molecule has 1 saturated heterocycles. The zero-order valence-corrected chi connectivity index (χ0v) is 17.7. The molecular formula is C21H24ClN5O3. The average molecular weight is 430 g/mol. The predicted octanol–water partition coefficient (Wildman–Crippen LogP) is 3.29. The van der Waals surface area contributed by atoms with Gasteiger partial charge in [-0.1, -0.05) is 17.7 Å². The minimum absolute atomic E-state index is 0.130. The van der Waals surface area contributed by atoms with E-state index in [1.54, 1.807) is 33.4 Å². The van der Waals surface area contributed by atoms with Gasteiger partial charge in [0.2, 0.25) is 0 Å². The van der Waals surface area contributed by atoms with Gasteiger partial charge in [-0.25, -0.2) is 14.6 Å². The van der Waals surface area contributed by atoms with Crippen molar-refractivity contribution in [2.24, 2.45) is 0 Å². The van der Waals surface area contributed by atoms with Gasteiger partial charge >= 0.3 is 11.7 Å². The lowest BCUT2D eigenvalue weighted by atomic mass is 10.2. The van der Waals surface area contributed by atoms with Crippen LogP contribution in [0.4, 0.5) is 10.5 Å². The molecule has 1 N–H and O–H groups in total. The zero-order valence-electron chi connectivity index (χ0n) is 17.0. The van der Waals surface area contributed by atoms with Crippen molar-refractivity contribution < 1.29 is 9.53 Å². The topological polar surface area (TPSA) is 81.4 Å². The van der Waals surface area contributed by atoms with Gasteiger partial charge in [0.1, 0.15) is 0 Å². The molecule has 3 heterocycles. The third kappa shape index (κ3) is 3.80. The Morgan fingerprint density at radius 2 is 2.20 bits per heavy atom. The van der Waals surface area contributed by atoms with Crippen LogP contribution in [-0.4, -0.2) is 51.9 Å². The highest BCUT2D eigenvalue weighted by Gasteiger charge is 2.31. The highest BCUT2D eigenvalue weighted by Crippen LogP contribution is 2.27. The molecule has 158 valence electrons. The summed E-state index contributed by atoms with van der Waals surface area (Å²) in [6, 6.07) is 8.83. The summed E-state index contributed by atoms with van der Waals surface area (Å²) in [5.74, 6) is 0. The smallest absolute Gasteiger partial charge is 0.330 e. The number of hydrogen-bond donors (Lipinski definition) is 1. The summed E-state index contributed by atoms with van der Waals surface area (Å²) in [5, 5.41) is 3.37. The SMILES string of the molecule is COCCn1c(=O)n([C@@H]2CCN(C(=O)Nc3ccc(C)cc3Cl)C2)c2ncccc21. The Morgan fingerprint density at radius 3 is 2.97 bits per heavy atom. The van der Waals surface area contributed by atoms with Gasteiger partial charge in [-0.2, -0.15) is 0 Å². The van der Waals surface area contributed by atoms with Gasteiger partial charge in [0.25, 0.3) is 0 Å². The van der Waals surface area contributed by atoms with Crippen LogP contribution in [0.3, 0.4) is 0 Å². The minimum atomic E-state index is -0.229. The van der Waals surface area contributed by atoms with Gasteiger partial charge in [-0.15, -0.1) is 0 Å². The molecule has 8 nitrogen and oxygen atoms in total. The third-order valence-corrected chi connectivity index (χ3v) is 5.74. The van der Waals surface area contributed by atoms with Crippen LogP contribution in [0, 0.1) is 6.92 Å². The van der Waals surface area contributed by atoms with E-state index >= 15 is 0 Å². The molecule has 1 atom stereocenters. The van der Waals surface area contributed by atoms with Crippen LogP contribution in [0.25, 0.3) is 11.2 Å². The van der Waals surface area contributed by atoms with E-state index in [0.29, 0.717) is 49.0 Å². The first-order valence-electron chi connectivity index (χ1n) is 9.86. The van der Waals surface area contributed by atoms with Gasteiger partial charge in [0, 0.05) is 26.4 Å². The van der Waals surface area contributed by atoms with Crippen LogP contribution in [0.2, 0.25) is 5.02 Å². The molecule has 0 radical (unpaired) electrons. The quantitative estimate of drug-likeness (QED) is 0.674. The highest BCUT2D eigenvalue weighted by atomic mass is 35.5. The fraction of sp³-hybridized carbons (Fsp3) is 0.381. The molecule has 1 aliphatic rings. The Labute approximate surface area is 179 Å². The molecule has 30 heavy (non-hydrogen) atoms. The van der Waals surface area contributed by atoms with E-state index < -0.39 is 0 Å². The number of carbonyl (C=O) groups is 1. The summed E-state index contributed by atoms with van der Waals surface area (Å²) in [6.07, 6.45) is 2.35. The van der Waals surface area contributed by atoms with Crippen molar-refractivity contribution >= 4 is 34.5 Å². The summed E-state index contributed by atoms with van der Waals surface area (Å²) >= 11 is 6.24. The van der Waals surface area contributed by atoms with Gasteiger partial charge in [-0.3, -0.25) is 9.13 Å². The van der Waals surface area contributed by atoms with Gasteiger partial charge in [0.05, 0.1) is 35.4 Å². The molecule has 0 spiro atoms. The van der Waals surface area contributed by atoms with Crippen molar-refractivity contribution in [1.29, 1.82) is 0 Å². The van der Waals surface area contributed by atoms with E-state index in [1.165, 1.54) is 0 Å². The first-order valence-corrected chi connectivity index (χ1v) is 10.2. The summed E-state index contributed by atoms with van der Waals surface area (Å²) in [5.41, 5.74) is 2.87. The third-order valence-electron chi connectivity index (χ3n) is 5.42. The number of likely N-dealkylation sites (tertiary alicyclic amines) is 1. The molecule has 1 aromatic carbocycles. The van der Waals surface area contributed by atoms with E-state index in [-0.39, 0.29) is 17.8 Å². The van der Waals surface area contributed by atoms with Crippen molar-refractivity contribution in [3.8, 4) is 0 Å². The molecule has 2 aromatic heterocycles. The van der Waals surface area contributed by atoms with E-state index in [9.17, 15) is 9.59 Å². The number of pyridine rings is 1. The Hall–Kier alpha value is -2.84. The molecule has 4 rings (SSSR count). The number of rotatable bonds is 5. The lowest BCUT2D eigenvalue weighted by Crippen LogP contribution is -2.35. The number of fused-ring (bicyclic) bond motifs is 1. The number of amides is 2. The van der Waals surface area contributed by atoms with Crippen LogP contribution in [-0.2, 0) is 11.3 Å². The Morgan fingerprint density at radius 1 is 1.37 bits per heavy atom. The Balaban J connectivity index is 1.56. The molecule has 0 saturated carbocycles. The number of carbonyl (C=O) groups excluding carboxylic acids is 1. The maximum Gasteiger partial charge on any atom is 0.330 e. The van der Waals surface area contributed by atoms with Crippen LogP contribution in [0.1, 0.15) is 18.0 Å². The van der Waals surface area contributed by atoms with Gasteiger partial charge in [0.15, 0.2) is 5.65 Å². The summed E-state index contributed by atoms with van der Waals surface area (Å²) in [4.78, 5) is 32.0. The zero-order chi connectivity index (χ0) is 21.3. The summed E-state index contributed by atoms with van der Waals surface area (Å²) < 4.78 is 8.53. The molecule has 0 unspecified atom stereocenters. The number of hydrogen-bond acceptors (Lipinski definition) is 4. The van der Waals surface area contributed by atoms with Crippen LogP contribution >= 0.6 is 11.6 Å². The molecule has 1 fully saturated rings. The highest BCUT2D eigenvalue weighted by molar-refractivity contribution is 6.33. The van der Waals surface area contributed by atoms with Gasteiger partial charge < -0.3 is 15.0 Å². The maximum atomic E-state index is 13.1. The largest absolute Gasteiger partial charge is 0.383 e. The fourth-order valence-electron chi connectivity index (χ4n) is 3.89. The first-order chi connectivity index (χ1) is 14.5. The van der Waals surface area contributed by atoms with E-state index in [1.807, 2.05) is 31.2 Å². The van der Waals surface area contributed by atoms with Crippen molar-refractivity contribution in [3.63, 3.8) is 0 Å². The molecule has 3 aromatic rings. The molecule has 1 aliphatic heterocycles. The monoisotopic (exact) mass is 429 g/mol. The number of aryl methyl sites for hydroxylation is 1. The first kappa shape index (κ1) is 20.4. The molecule has 0 aliphatic carbocycles. The number of nitrogens with zero attached hydrogens (tertiary/aromatic N) is 4. The standard InChI is InChI=1S/C21H24ClN5O3/c1-14-5-6-17(16(22)12-14)24-20(28)25-9-7-15(13-25)27-19-18(4-3-8-23-19)26(21(27)29)10-11-30-2/h3-6,8,12,15H,7,9-11,13H2,1-2H3,(H,24,28)/t15-/m1/s1. The lowest BCUT2D eigenvalue weighted by Gasteiger charge is -2.18. The second-order valence-corrected chi connectivity index (χ2v) is 7.85. The van der Waals surface area contributed by atoms with E-state index in [0.717, 1.165) is 11.1 Å². The van der Waals surface area contributed by atoms with Crippen molar-refractivity contribution in [1.82, 2.24) is 19.0 Å². The Kier molecular flexibility index (Phi) is 5.78. The lowest BCUT2D eigenvalue weighted by molar-refractivity contribution is 0.187. The summed E-state index contributed by atoms with van der Waals surface area (Å²) in [6.45, 7) is 3.80. The number of halogens is 1. The molecule has 0 bridgehead atoms. The van der Waals surface area contributed by atoms with Crippen molar-refractivity contribution in [2.45, 2.75) is 25.9 Å². The van der Waals surface area contributed by atoms with Crippen LogP contribution in [0.5, 0.6) is 0 Å². The van der Waals surface area contributed by atoms with Crippen molar-refractivity contribution in [3.05, 3.63) is 57.6 Å². The number of anilines is 1. The Bertz CT molecular complexity index is 1140. The minimum Gasteiger partial charge on any atom is -0.383 e. The van der Waals surface area contributed by atoms with Crippen LogP contribution < -0.4 is 11.0 Å². The fourth-order valence-corrected chi connectivity index (χ4v) is 4.17. The number of benzene rings is 1. The summed E-state index contributed by atoms with van der Waals surface area (Å²) in [7, 11) is 1.61. The number of urea groups is 1. The second kappa shape index (κ2) is 8.49. The molecule has 2 amide bonds.